The monoisotopic (exact) mass is 472 g/mol. The van der Waals surface area contributed by atoms with Crippen molar-refractivity contribution in [1.29, 1.82) is 0 Å². The van der Waals surface area contributed by atoms with Crippen LogP contribution in [-0.2, 0) is 11.2 Å². The molecule has 0 spiro atoms. The van der Waals surface area contributed by atoms with Gasteiger partial charge < -0.3 is 4.74 Å². The van der Waals surface area contributed by atoms with Gasteiger partial charge in [-0.1, -0.05) is 35.8 Å². The molecule has 0 unspecified atom stereocenters. The molecule has 0 bridgehead atoms. The zero-order valence-electron chi connectivity index (χ0n) is 18.9. The minimum atomic E-state index is -1.49. The van der Waals surface area contributed by atoms with Gasteiger partial charge in [0.2, 0.25) is 0 Å². The van der Waals surface area contributed by atoms with E-state index in [9.17, 15) is 17.6 Å². The summed E-state index contributed by atoms with van der Waals surface area (Å²) in [5.41, 5.74) is 3.18. The molecule has 0 heterocycles. The summed E-state index contributed by atoms with van der Waals surface area (Å²) in [5, 5.41) is 0.226. The van der Waals surface area contributed by atoms with Gasteiger partial charge in [0, 0.05) is 35.8 Å². The first-order valence-electron chi connectivity index (χ1n) is 10.9. The van der Waals surface area contributed by atoms with Gasteiger partial charge >= 0.3 is 0 Å². The number of fused-ring (bicyclic) bond motifs is 1. The second kappa shape index (κ2) is 10.9. The van der Waals surface area contributed by atoms with Crippen LogP contribution in [0, 0.1) is 47.0 Å². The molecular weight excluding hydrogens is 452 g/mol. The van der Waals surface area contributed by atoms with E-state index in [2.05, 4.69) is 23.7 Å². The summed E-state index contributed by atoms with van der Waals surface area (Å²) in [7, 11) is 1.64. The smallest absolute Gasteiger partial charge is 0.195 e. The minimum Gasteiger partial charge on any atom is -0.385 e. The minimum absolute atomic E-state index is 0.00505. The normalized spacial score (nSPS) is 10.4. The Morgan fingerprint density at radius 2 is 1.31 bits per heavy atom. The first-order chi connectivity index (χ1) is 16.9. The Hall–Kier alpha value is -4.06. The third kappa shape index (κ3) is 5.90. The van der Waals surface area contributed by atoms with Crippen molar-refractivity contribution in [3.05, 3.63) is 118 Å². The number of aryl methyl sites for hydroxylation is 1. The molecule has 0 amide bonds. The van der Waals surface area contributed by atoms with Crippen molar-refractivity contribution >= 4 is 10.8 Å². The SMILES string of the molecule is COCCCc1ccc(C#Cc2ccc(C#Cc3ccc4c(F)c(F)c(F)cc4c3)cc2)c(F)c1. The Labute approximate surface area is 201 Å². The Morgan fingerprint density at radius 1 is 0.657 bits per heavy atom. The van der Waals surface area contributed by atoms with Crippen molar-refractivity contribution in [2.24, 2.45) is 0 Å². The lowest BCUT2D eigenvalue weighted by atomic mass is 10.1. The van der Waals surface area contributed by atoms with Crippen molar-refractivity contribution in [2.75, 3.05) is 13.7 Å². The van der Waals surface area contributed by atoms with Gasteiger partial charge in [0.15, 0.2) is 17.5 Å². The summed E-state index contributed by atoms with van der Waals surface area (Å²) < 4.78 is 60.1. The fourth-order valence-electron chi connectivity index (χ4n) is 3.54. The van der Waals surface area contributed by atoms with Crippen LogP contribution in [0.2, 0.25) is 0 Å². The molecule has 0 radical (unpaired) electrons. The highest BCUT2D eigenvalue weighted by molar-refractivity contribution is 5.84. The highest BCUT2D eigenvalue weighted by Crippen LogP contribution is 2.24. The maximum Gasteiger partial charge on any atom is 0.195 e. The highest BCUT2D eigenvalue weighted by Gasteiger charge is 2.13. The molecule has 0 fully saturated rings. The molecule has 0 saturated heterocycles. The van der Waals surface area contributed by atoms with E-state index in [1.807, 2.05) is 6.07 Å². The number of ether oxygens (including phenoxy) is 1. The van der Waals surface area contributed by atoms with E-state index in [1.165, 1.54) is 18.2 Å². The van der Waals surface area contributed by atoms with Gasteiger partial charge in [-0.15, -0.1) is 0 Å². The number of hydrogen-bond donors (Lipinski definition) is 0. The summed E-state index contributed by atoms with van der Waals surface area (Å²) >= 11 is 0. The van der Waals surface area contributed by atoms with Crippen molar-refractivity contribution < 1.29 is 22.3 Å². The van der Waals surface area contributed by atoms with Gasteiger partial charge in [-0.05, 0) is 78.4 Å². The lowest BCUT2D eigenvalue weighted by Crippen LogP contribution is -1.94. The quantitative estimate of drug-likeness (QED) is 0.138. The fraction of sp³-hybridized carbons (Fsp3) is 0.133. The number of benzene rings is 4. The van der Waals surface area contributed by atoms with Crippen molar-refractivity contribution in [2.45, 2.75) is 12.8 Å². The number of halogens is 4. The van der Waals surface area contributed by atoms with Gasteiger partial charge in [-0.25, -0.2) is 17.6 Å². The number of hydrogen-bond acceptors (Lipinski definition) is 1. The molecule has 4 aromatic rings. The third-order valence-corrected chi connectivity index (χ3v) is 5.40. The lowest BCUT2D eigenvalue weighted by Gasteiger charge is -2.02. The number of rotatable bonds is 4. The molecule has 4 rings (SSSR count). The second-order valence-electron chi connectivity index (χ2n) is 7.91. The van der Waals surface area contributed by atoms with Crippen molar-refractivity contribution in [1.82, 2.24) is 0 Å². The van der Waals surface area contributed by atoms with E-state index in [0.717, 1.165) is 24.5 Å². The third-order valence-electron chi connectivity index (χ3n) is 5.40. The molecule has 0 aromatic heterocycles. The first-order valence-corrected chi connectivity index (χ1v) is 10.9. The lowest BCUT2D eigenvalue weighted by molar-refractivity contribution is 0.195. The maximum absolute atomic E-state index is 14.3. The van der Waals surface area contributed by atoms with Crippen LogP contribution in [-0.4, -0.2) is 13.7 Å². The van der Waals surface area contributed by atoms with E-state index >= 15 is 0 Å². The summed E-state index contributed by atoms with van der Waals surface area (Å²) in [4.78, 5) is 0. The fourth-order valence-corrected chi connectivity index (χ4v) is 3.54. The van der Waals surface area contributed by atoms with Gasteiger partial charge in [-0.3, -0.25) is 0 Å². The van der Waals surface area contributed by atoms with Crippen molar-refractivity contribution in [3.8, 4) is 23.7 Å². The van der Waals surface area contributed by atoms with E-state index in [4.69, 9.17) is 4.74 Å². The molecule has 0 aliphatic rings. The molecule has 0 atom stereocenters. The molecule has 0 N–H and O–H groups in total. The summed E-state index contributed by atoms with van der Waals surface area (Å²) in [6.45, 7) is 0.632. The molecule has 0 aliphatic carbocycles. The summed E-state index contributed by atoms with van der Waals surface area (Å²) in [5.74, 6) is 7.42. The largest absolute Gasteiger partial charge is 0.385 e. The molecule has 35 heavy (non-hydrogen) atoms. The zero-order valence-corrected chi connectivity index (χ0v) is 18.9. The summed E-state index contributed by atoms with van der Waals surface area (Å²) in [6.07, 6.45) is 1.57. The van der Waals surface area contributed by atoms with Crippen LogP contribution in [0.4, 0.5) is 17.6 Å². The highest BCUT2D eigenvalue weighted by atomic mass is 19.2. The average molecular weight is 472 g/mol. The van der Waals surface area contributed by atoms with Crippen LogP contribution in [0.5, 0.6) is 0 Å². The Balaban J connectivity index is 1.47. The molecule has 0 aliphatic heterocycles. The van der Waals surface area contributed by atoms with Crippen LogP contribution in [0.3, 0.4) is 0 Å². The molecular formula is C30H20F4O. The van der Waals surface area contributed by atoms with E-state index in [0.29, 0.717) is 28.9 Å². The Kier molecular flexibility index (Phi) is 7.51. The predicted octanol–water partition coefficient (Wildman–Crippen LogP) is 6.77. The van der Waals surface area contributed by atoms with Crippen LogP contribution in [0.1, 0.15) is 34.2 Å². The van der Waals surface area contributed by atoms with Gasteiger partial charge in [0.1, 0.15) is 5.82 Å². The Bertz CT molecular complexity index is 1500. The zero-order chi connectivity index (χ0) is 24.8. The average Bonchev–Trinajstić information content (AvgIpc) is 2.86. The topological polar surface area (TPSA) is 9.23 Å². The maximum atomic E-state index is 14.3. The second-order valence-corrected chi connectivity index (χ2v) is 7.91. The summed E-state index contributed by atoms with van der Waals surface area (Å²) in [6, 6.07) is 17.6. The molecule has 174 valence electrons. The molecule has 5 heteroatoms. The molecule has 1 nitrogen and oxygen atoms in total. The van der Waals surface area contributed by atoms with Crippen LogP contribution < -0.4 is 0 Å². The first kappa shape index (κ1) is 24.1. The van der Waals surface area contributed by atoms with E-state index < -0.39 is 17.5 Å². The van der Waals surface area contributed by atoms with Crippen LogP contribution >= 0.6 is 0 Å². The van der Waals surface area contributed by atoms with Crippen LogP contribution in [0.15, 0.2) is 66.7 Å². The van der Waals surface area contributed by atoms with E-state index in [-0.39, 0.29) is 16.6 Å². The van der Waals surface area contributed by atoms with Gasteiger partial charge in [0.25, 0.3) is 0 Å². The van der Waals surface area contributed by atoms with E-state index in [1.54, 1.807) is 43.5 Å². The Morgan fingerprint density at radius 3 is 2.00 bits per heavy atom. The van der Waals surface area contributed by atoms with Crippen LogP contribution in [0.25, 0.3) is 10.8 Å². The standard InChI is InChI=1S/C30H20F4O/c1-35-16-2-3-22-11-14-24(27(31)18-22)13-10-21-6-4-20(5-7-21)8-9-23-12-15-26-25(17-23)19-28(32)30(34)29(26)33/h4-7,11-12,14-15,17-19H,2-3,16H2,1H3. The van der Waals surface area contributed by atoms with Gasteiger partial charge in [-0.2, -0.15) is 0 Å². The predicted molar refractivity (Wildman–Crippen MR) is 129 cm³/mol. The molecule has 4 aromatic carbocycles. The molecule has 0 saturated carbocycles. The van der Waals surface area contributed by atoms with Crippen molar-refractivity contribution in [3.63, 3.8) is 0 Å². The number of methoxy groups -OCH3 is 1. The van der Waals surface area contributed by atoms with Gasteiger partial charge in [0.05, 0.1) is 5.56 Å².